The van der Waals surface area contributed by atoms with Gasteiger partial charge >= 0.3 is 11.8 Å². The Morgan fingerprint density at radius 2 is 1.93 bits per heavy atom. The minimum Gasteiger partial charge on any atom is -0.501 e. The second-order valence-corrected chi connectivity index (χ2v) is 12.7. The van der Waals surface area contributed by atoms with E-state index in [1.54, 1.807) is 20.1 Å². The average molecular weight is 613 g/mol. The first-order valence-electron chi connectivity index (χ1n) is 15.0. The number of halogens is 1. The molecule has 4 heterocycles. The van der Waals surface area contributed by atoms with Crippen molar-refractivity contribution >= 4 is 17.7 Å². The third kappa shape index (κ3) is 5.94. The van der Waals surface area contributed by atoms with Crippen LogP contribution in [0.15, 0.2) is 23.0 Å². The summed E-state index contributed by atoms with van der Waals surface area (Å²) < 4.78 is 20.6. The van der Waals surface area contributed by atoms with E-state index >= 15 is 0 Å². The maximum Gasteiger partial charge on any atom is 0.311 e. The molecule has 0 radical (unpaired) electrons. The van der Waals surface area contributed by atoms with E-state index < -0.39 is 40.3 Å². The zero-order chi connectivity index (χ0) is 31.8. The van der Waals surface area contributed by atoms with E-state index in [0.29, 0.717) is 50.0 Å². The summed E-state index contributed by atoms with van der Waals surface area (Å²) in [5.41, 5.74) is -1.76. The zero-order valence-electron chi connectivity index (χ0n) is 25.7. The lowest BCUT2D eigenvalue weighted by Gasteiger charge is -2.44. The van der Waals surface area contributed by atoms with Crippen LogP contribution in [-0.4, -0.2) is 89.1 Å². The first-order valence-corrected chi connectivity index (χ1v) is 15.0. The Kier molecular flexibility index (Phi) is 8.81. The molecule has 1 atom stereocenters. The molecule has 0 unspecified atom stereocenters. The molecule has 1 aliphatic carbocycles. The molecule has 3 N–H and O–H groups in total. The van der Waals surface area contributed by atoms with Crippen LogP contribution in [0.1, 0.15) is 66.0 Å². The number of aryl methyl sites for hydroxylation is 1. The molecule has 2 bridgehead atoms. The third-order valence-corrected chi connectivity index (χ3v) is 9.47. The number of amides is 3. The SMILES string of the molecule is COC[C@@H]1CCCN1CC12CCC(NC(=O)C(=O)N(C)C)(CC1)c1nc(C(=O)NCc3ccc(F)c(C)c3)c(O)c(=O)n1C2. The van der Waals surface area contributed by atoms with Gasteiger partial charge in [-0.1, -0.05) is 12.1 Å². The highest BCUT2D eigenvalue weighted by Crippen LogP contribution is 2.50. The molecule has 2 aromatic rings. The molecule has 3 amide bonds. The van der Waals surface area contributed by atoms with Crippen LogP contribution < -0.4 is 16.2 Å². The van der Waals surface area contributed by atoms with Crippen molar-refractivity contribution in [1.29, 1.82) is 0 Å². The number of carbonyl (C=O) groups excluding carboxylic acids is 3. The maximum atomic E-state index is 13.8. The predicted molar refractivity (Wildman–Crippen MR) is 158 cm³/mol. The minimum atomic E-state index is -1.20. The van der Waals surface area contributed by atoms with Crippen molar-refractivity contribution in [2.75, 3.05) is 40.9 Å². The van der Waals surface area contributed by atoms with Crippen molar-refractivity contribution in [3.8, 4) is 5.75 Å². The van der Waals surface area contributed by atoms with E-state index in [2.05, 4.69) is 20.5 Å². The van der Waals surface area contributed by atoms with Gasteiger partial charge in [-0.3, -0.25) is 28.6 Å². The summed E-state index contributed by atoms with van der Waals surface area (Å²) in [5, 5.41) is 16.6. The number of benzene rings is 1. The molecule has 0 spiro atoms. The van der Waals surface area contributed by atoms with Crippen molar-refractivity contribution < 1.29 is 28.6 Å². The van der Waals surface area contributed by atoms with E-state index in [4.69, 9.17) is 4.74 Å². The summed E-state index contributed by atoms with van der Waals surface area (Å²) in [7, 11) is 4.64. The fourth-order valence-electron chi connectivity index (χ4n) is 7.00. The van der Waals surface area contributed by atoms with Gasteiger partial charge in [-0.25, -0.2) is 9.37 Å². The molecule has 2 fully saturated rings. The third-order valence-electron chi connectivity index (χ3n) is 9.47. The standard InChI is InChI=1S/C31H41FN6O6/c1-19-14-20(7-8-22(19)32)15-33-25(40)23-24(39)27(42)38-18-30(17-37-13-5-6-21(37)16-44-4)9-11-31(12-10-30,29(38)34-23)35-26(41)28(43)36(2)3/h7-8,14,21,39H,5-6,9-13,15-18H2,1-4H3,(H,33,40)(H,35,41)/t21-,30?,31?/m0/s1. The van der Waals surface area contributed by atoms with Crippen LogP contribution in [0.4, 0.5) is 4.39 Å². The molecule has 12 nitrogen and oxygen atoms in total. The number of rotatable bonds is 8. The monoisotopic (exact) mass is 612 g/mol. The summed E-state index contributed by atoms with van der Waals surface area (Å²) in [6.07, 6.45) is 4.13. The Bertz CT molecular complexity index is 1520. The molecule has 4 aliphatic rings. The number of carbonyl (C=O) groups is 3. The Morgan fingerprint density at radius 3 is 2.59 bits per heavy atom. The molecule has 1 aromatic carbocycles. The van der Waals surface area contributed by atoms with Crippen molar-refractivity contribution in [3.05, 3.63) is 57.0 Å². The number of likely N-dealkylation sites (N-methyl/N-ethyl adjacent to an activating group) is 1. The lowest BCUT2D eigenvalue weighted by atomic mass is 9.68. The van der Waals surface area contributed by atoms with E-state index in [-0.39, 0.29) is 36.2 Å². The lowest BCUT2D eigenvalue weighted by Crippen LogP contribution is -2.54. The highest BCUT2D eigenvalue weighted by Gasteiger charge is 2.53. The summed E-state index contributed by atoms with van der Waals surface area (Å²) in [5.74, 6) is -3.39. The topological polar surface area (TPSA) is 146 Å². The van der Waals surface area contributed by atoms with Gasteiger partial charge in [0, 0.05) is 52.3 Å². The molecule has 6 rings (SSSR count). The van der Waals surface area contributed by atoms with Crippen LogP contribution >= 0.6 is 0 Å². The van der Waals surface area contributed by atoms with Crippen molar-refractivity contribution in [2.24, 2.45) is 5.41 Å². The van der Waals surface area contributed by atoms with Crippen LogP contribution in [0.3, 0.4) is 0 Å². The number of fused-ring (bicyclic) bond motifs is 2. The molecule has 1 saturated carbocycles. The van der Waals surface area contributed by atoms with E-state index in [1.807, 2.05) is 0 Å². The Morgan fingerprint density at radius 1 is 1.20 bits per heavy atom. The van der Waals surface area contributed by atoms with Crippen LogP contribution in [0.2, 0.25) is 0 Å². The van der Waals surface area contributed by atoms with Crippen LogP contribution in [0.25, 0.3) is 0 Å². The summed E-state index contributed by atoms with van der Waals surface area (Å²) >= 11 is 0. The number of methoxy groups -OCH3 is 1. The van der Waals surface area contributed by atoms with E-state index in [0.717, 1.165) is 19.4 Å². The molecular formula is C31H41FN6O6. The fraction of sp³-hybridized carbons (Fsp3) is 0.581. The maximum absolute atomic E-state index is 13.8. The summed E-state index contributed by atoms with van der Waals surface area (Å²) in [4.78, 5) is 61.0. The van der Waals surface area contributed by atoms with E-state index in [9.17, 15) is 28.7 Å². The van der Waals surface area contributed by atoms with Crippen LogP contribution in [0.5, 0.6) is 5.75 Å². The number of ether oxygens (including phenoxy) is 1. The molecule has 1 saturated heterocycles. The number of likely N-dealkylation sites (tertiary alicyclic amines) is 1. The molecular weight excluding hydrogens is 571 g/mol. The quantitative estimate of drug-likeness (QED) is 0.380. The van der Waals surface area contributed by atoms with Gasteiger partial charge in [-0.05, 0) is 69.2 Å². The number of aromatic hydroxyl groups is 1. The van der Waals surface area contributed by atoms with Gasteiger partial charge in [-0.2, -0.15) is 0 Å². The first kappa shape index (κ1) is 31.6. The number of nitrogens with one attached hydrogen (secondary N) is 2. The van der Waals surface area contributed by atoms with Crippen LogP contribution in [0, 0.1) is 18.2 Å². The first-order chi connectivity index (χ1) is 20.9. The van der Waals surface area contributed by atoms with Gasteiger partial charge in [-0.15, -0.1) is 0 Å². The molecule has 3 aliphatic heterocycles. The summed E-state index contributed by atoms with van der Waals surface area (Å²) in [6, 6.07) is 4.69. The van der Waals surface area contributed by atoms with Gasteiger partial charge in [0.1, 0.15) is 11.6 Å². The van der Waals surface area contributed by atoms with Crippen LogP contribution in [-0.2, 0) is 33.0 Å². The number of nitrogens with zero attached hydrogens (tertiary/aromatic N) is 4. The Hall–Kier alpha value is -3.84. The molecule has 1 aromatic heterocycles. The smallest absolute Gasteiger partial charge is 0.311 e. The molecule has 13 heteroatoms. The van der Waals surface area contributed by atoms with E-state index in [1.165, 1.54) is 35.7 Å². The van der Waals surface area contributed by atoms with Gasteiger partial charge in [0.15, 0.2) is 5.69 Å². The fourth-order valence-corrected chi connectivity index (χ4v) is 7.00. The Labute approximate surface area is 255 Å². The second-order valence-electron chi connectivity index (χ2n) is 12.7. The lowest BCUT2D eigenvalue weighted by molar-refractivity contribution is -0.145. The second kappa shape index (κ2) is 12.3. The van der Waals surface area contributed by atoms with Gasteiger partial charge in [0.25, 0.3) is 11.5 Å². The highest BCUT2D eigenvalue weighted by atomic mass is 19.1. The van der Waals surface area contributed by atoms with Gasteiger partial charge < -0.3 is 25.4 Å². The summed E-state index contributed by atoms with van der Waals surface area (Å²) in [6.45, 7) is 4.09. The van der Waals surface area contributed by atoms with Gasteiger partial charge in [0.2, 0.25) is 5.75 Å². The van der Waals surface area contributed by atoms with Gasteiger partial charge in [0.05, 0.1) is 12.1 Å². The predicted octanol–water partition coefficient (Wildman–Crippen LogP) is 1.41. The highest BCUT2D eigenvalue weighted by molar-refractivity contribution is 6.35. The number of hydrogen-bond acceptors (Lipinski definition) is 8. The van der Waals surface area contributed by atoms with Crippen molar-refractivity contribution in [1.82, 2.24) is 30.0 Å². The van der Waals surface area contributed by atoms with Crippen molar-refractivity contribution in [2.45, 2.75) is 70.1 Å². The number of hydrogen-bond donors (Lipinski definition) is 3. The number of aromatic nitrogens is 2. The normalized spacial score (nSPS) is 24.4. The molecule has 238 valence electrons. The largest absolute Gasteiger partial charge is 0.501 e. The average Bonchev–Trinajstić information content (AvgIpc) is 3.32. The Balaban J connectivity index is 1.52. The minimum absolute atomic E-state index is 0.0142. The zero-order valence-corrected chi connectivity index (χ0v) is 25.7. The van der Waals surface area contributed by atoms with Crippen molar-refractivity contribution in [3.63, 3.8) is 0 Å². The molecule has 44 heavy (non-hydrogen) atoms.